The van der Waals surface area contributed by atoms with Crippen LogP contribution in [0.2, 0.25) is 0 Å². The van der Waals surface area contributed by atoms with Crippen molar-refractivity contribution in [1.82, 2.24) is 10.2 Å². The second-order valence-corrected chi connectivity index (χ2v) is 3.98. The van der Waals surface area contributed by atoms with Crippen LogP contribution in [0.15, 0.2) is 34.9 Å². The lowest BCUT2D eigenvalue weighted by atomic mass is 10.3. The predicted octanol–water partition coefficient (Wildman–Crippen LogP) is 2.92. The van der Waals surface area contributed by atoms with Crippen molar-refractivity contribution in [3.05, 3.63) is 46.4 Å². The maximum Gasteiger partial charge on any atom is 0.147 e. The molecule has 5 heteroatoms. The molecule has 0 aliphatic heterocycles. The van der Waals surface area contributed by atoms with Gasteiger partial charge in [0, 0.05) is 10.7 Å². The van der Waals surface area contributed by atoms with Crippen molar-refractivity contribution < 1.29 is 4.39 Å². The molecule has 1 aromatic heterocycles. The van der Waals surface area contributed by atoms with Gasteiger partial charge >= 0.3 is 0 Å². The van der Waals surface area contributed by atoms with E-state index in [1.807, 2.05) is 6.07 Å². The van der Waals surface area contributed by atoms with Crippen LogP contribution in [0.1, 0.15) is 5.69 Å². The van der Waals surface area contributed by atoms with Crippen LogP contribution in [-0.2, 0) is 6.54 Å². The Morgan fingerprint density at radius 2 is 2.27 bits per heavy atom. The second-order valence-electron chi connectivity index (χ2n) is 3.06. The average Bonchev–Trinajstić information content (AvgIpc) is 2.69. The molecule has 2 aromatic rings. The summed E-state index contributed by atoms with van der Waals surface area (Å²) in [7, 11) is 0. The van der Waals surface area contributed by atoms with Gasteiger partial charge in [-0.2, -0.15) is 5.10 Å². The summed E-state index contributed by atoms with van der Waals surface area (Å²) in [6.07, 6.45) is 1.66. The molecule has 0 fully saturated rings. The number of halogens is 2. The Morgan fingerprint density at radius 1 is 1.40 bits per heavy atom. The van der Waals surface area contributed by atoms with Gasteiger partial charge in [0.25, 0.3) is 0 Å². The second kappa shape index (κ2) is 4.44. The first-order valence-electron chi connectivity index (χ1n) is 4.43. The highest BCUT2D eigenvalue weighted by molar-refractivity contribution is 9.10. The highest BCUT2D eigenvalue weighted by Crippen LogP contribution is 2.19. The standard InChI is InChI=1S/C10H9BrFN3/c11-7-1-2-10(9(12)5-7)13-6-8-3-4-14-15-8/h1-5,13H,6H2,(H,14,15). The molecule has 1 aromatic carbocycles. The van der Waals surface area contributed by atoms with Gasteiger partial charge < -0.3 is 5.32 Å². The number of benzene rings is 1. The van der Waals surface area contributed by atoms with E-state index in [1.165, 1.54) is 6.07 Å². The fourth-order valence-corrected chi connectivity index (χ4v) is 1.54. The fourth-order valence-electron chi connectivity index (χ4n) is 1.21. The summed E-state index contributed by atoms with van der Waals surface area (Å²) in [5.41, 5.74) is 1.39. The van der Waals surface area contributed by atoms with Crippen molar-refractivity contribution in [2.75, 3.05) is 5.32 Å². The minimum absolute atomic E-state index is 0.274. The van der Waals surface area contributed by atoms with E-state index in [0.717, 1.165) is 10.2 Å². The Hall–Kier alpha value is -1.36. The van der Waals surface area contributed by atoms with Gasteiger partial charge in [-0.3, -0.25) is 5.10 Å². The molecule has 2 rings (SSSR count). The molecular formula is C10H9BrFN3. The molecule has 1 heterocycles. The van der Waals surface area contributed by atoms with Crippen LogP contribution in [-0.4, -0.2) is 10.2 Å². The van der Waals surface area contributed by atoms with Gasteiger partial charge in [-0.05, 0) is 24.3 Å². The molecule has 0 aliphatic carbocycles. The summed E-state index contributed by atoms with van der Waals surface area (Å²) in [6.45, 7) is 0.526. The van der Waals surface area contributed by atoms with Crippen LogP contribution in [0.5, 0.6) is 0 Å². The number of aromatic amines is 1. The summed E-state index contributed by atoms with van der Waals surface area (Å²) < 4.78 is 14.1. The summed E-state index contributed by atoms with van der Waals surface area (Å²) in [5.74, 6) is -0.274. The number of aromatic nitrogens is 2. The molecule has 2 N–H and O–H groups in total. The fraction of sp³-hybridized carbons (Fsp3) is 0.100. The zero-order valence-electron chi connectivity index (χ0n) is 7.80. The SMILES string of the molecule is Fc1cc(Br)ccc1NCc1ccn[nH]1. The average molecular weight is 270 g/mol. The monoisotopic (exact) mass is 269 g/mol. The predicted molar refractivity (Wildman–Crippen MR) is 60.0 cm³/mol. The number of rotatable bonds is 3. The van der Waals surface area contributed by atoms with Crippen LogP contribution >= 0.6 is 15.9 Å². The van der Waals surface area contributed by atoms with Crippen molar-refractivity contribution in [2.24, 2.45) is 0 Å². The van der Waals surface area contributed by atoms with E-state index in [0.29, 0.717) is 12.2 Å². The van der Waals surface area contributed by atoms with Crippen molar-refractivity contribution >= 4 is 21.6 Å². The lowest BCUT2D eigenvalue weighted by Gasteiger charge is -2.06. The molecule has 0 aliphatic rings. The Balaban J connectivity index is 2.05. The first-order chi connectivity index (χ1) is 7.25. The van der Waals surface area contributed by atoms with E-state index < -0.39 is 0 Å². The lowest BCUT2D eigenvalue weighted by molar-refractivity contribution is 0.629. The first kappa shape index (κ1) is 10.2. The maximum atomic E-state index is 13.4. The number of hydrogen-bond donors (Lipinski definition) is 2. The third kappa shape index (κ3) is 2.56. The van der Waals surface area contributed by atoms with E-state index in [4.69, 9.17) is 0 Å². The van der Waals surface area contributed by atoms with Gasteiger partial charge in [-0.25, -0.2) is 4.39 Å². The molecule has 15 heavy (non-hydrogen) atoms. The van der Waals surface area contributed by atoms with E-state index >= 15 is 0 Å². The normalized spacial score (nSPS) is 10.3. The smallest absolute Gasteiger partial charge is 0.147 e. The lowest BCUT2D eigenvalue weighted by Crippen LogP contribution is -2.01. The van der Waals surface area contributed by atoms with E-state index in [2.05, 4.69) is 31.4 Å². The quantitative estimate of drug-likeness (QED) is 0.900. The van der Waals surface area contributed by atoms with Gasteiger partial charge in [0.15, 0.2) is 0 Å². The van der Waals surface area contributed by atoms with Gasteiger partial charge in [-0.15, -0.1) is 0 Å². The van der Waals surface area contributed by atoms with E-state index in [9.17, 15) is 4.39 Å². The Morgan fingerprint density at radius 3 is 2.93 bits per heavy atom. The molecule has 0 saturated carbocycles. The number of hydrogen-bond acceptors (Lipinski definition) is 2. The van der Waals surface area contributed by atoms with Crippen LogP contribution in [0.4, 0.5) is 10.1 Å². The van der Waals surface area contributed by atoms with Gasteiger partial charge in [0.05, 0.1) is 17.9 Å². The highest BCUT2D eigenvalue weighted by atomic mass is 79.9. The Bertz CT molecular complexity index is 442. The molecular weight excluding hydrogens is 261 g/mol. The number of nitrogens with zero attached hydrogens (tertiary/aromatic N) is 1. The molecule has 3 nitrogen and oxygen atoms in total. The molecule has 0 spiro atoms. The zero-order chi connectivity index (χ0) is 10.7. The Kier molecular flexibility index (Phi) is 3.01. The minimum atomic E-state index is -0.274. The van der Waals surface area contributed by atoms with Gasteiger partial charge in [0.1, 0.15) is 5.82 Å². The number of nitrogens with one attached hydrogen (secondary N) is 2. The van der Waals surface area contributed by atoms with Crippen molar-refractivity contribution in [2.45, 2.75) is 6.54 Å². The molecule has 0 bridgehead atoms. The Labute approximate surface area is 94.8 Å². The number of anilines is 1. The maximum absolute atomic E-state index is 13.4. The van der Waals surface area contributed by atoms with Crippen molar-refractivity contribution in [1.29, 1.82) is 0 Å². The van der Waals surface area contributed by atoms with E-state index in [1.54, 1.807) is 18.3 Å². The molecule has 0 atom stereocenters. The van der Waals surface area contributed by atoms with Crippen LogP contribution in [0.25, 0.3) is 0 Å². The topological polar surface area (TPSA) is 40.7 Å². The van der Waals surface area contributed by atoms with Crippen LogP contribution in [0.3, 0.4) is 0 Å². The summed E-state index contributed by atoms with van der Waals surface area (Å²) >= 11 is 3.20. The minimum Gasteiger partial charge on any atom is -0.377 e. The van der Waals surface area contributed by atoms with Crippen molar-refractivity contribution in [3.8, 4) is 0 Å². The first-order valence-corrected chi connectivity index (χ1v) is 5.22. The summed E-state index contributed by atoms with van der Waals surface area (Å²) in [5, 5.41) is 9.57. The van der Waals surface area contributed by atoms with Crippen LogP contribution < -0.4 is 5.32 Å². The molecule has 78 valence electrons. The zero-order valence-corrected chi connectivity index (χ0v) is 9.38. The van der Waals surface area contributed by atoms with Crippen LogP contribution in [0, 0.1) is 5.82 Å². The molecule has 0 radical (unpaired) electrons. The molecule has 0 unspecified atom stereocenters. The molecule has 0 amide bonds. The van der Waals surface area contributed by atoms with E-state index in [-0.39, 0.29) is 5.82 Å². The number of H-pyrrole nitrogens is 1. The largest absolute Gasteiger partial charge is 0.377 e. The highest BCUT2D eigenvalue weighted by Gasteiger charge is 2.02. The van der Waals surface area contributed by atoms with Gasteiger partial charge in [0.2, 0.25) is 0 Å². The third-order valence-corrected chi connectivity index (χ3v) is 2.45. The summed E-state index contributed by atoms with van der Waals surface area (Å²) in [6, 6.07) is 6.74. The summed E-state index contributed by atoms with van der Waals surface area (Å²) in [4.78, 5) is 0. The molecule has 0 saturated heterocycles. The van der Waals surface area contributed by atoms with Crippen molar-refractivity contribution in [3.63, 3.8) is 0 Å². The van der Waals surface area contributed by atoms with Gasteiger partial charge in [-0.1, -0.05) is 15.9 Å². The third-order valence-electron chi connectivity index (χ3n) is 1.96.